The Morgan fingerprint density at radius 2 is 2.12 bits per heavy atom. The average Bonchev–Trinajstić information content (AvgIpc) is 2.19. The maximum atomic E-state index is 12.7. The largest absolute Gasteiger partial charge is 0.367 e. The minimum absolute atomic E-state index is 0.0883. The molecule has 0 aromatic carbocycles. The number of aromatic nitrogens is 1. The number of nitrogens with one attached hydrogen (secondary N) is 1. The molecule has 0 saturated carbocycles. The van der Waals surface area contributed by atoms with Crippen molar-refractivity contribution in [2.45, 2.75) is 33.2 Å². The third-order valence-corrected chi connectivity index (χ3v) is 2.71. The monoisotopic (exact) mass is 244 g/mol. The molecular formula is C12H18ClFN2. The molecule has 0 fully saturated rings. The summed E-state index contributed by atoms with van der Waals surface area (Å²) in [5.74, 6) is 0.956. The van der Waals surface area contributed by atoms with Gasteiger partial charge < -0.3 is 5.32 Å². The first-order chi connectivity index (χ1) is 7.43. The van der Waals surface area contributed by atoms with Gasteiger partial charge in [-0.2, -0.15) is 0 Å². The molecule has 1 atom stereocenters. The Labute approximate surface area is 101 Å². The highest BCUT2D eigenvalue weighted by molar-refractivity contribution is 6.17. The summed E-state index contributed by atoms with van der Waals surface area (Å²) in [6.45, 7) is 6.42. The standard InChI is InChI=1S/C12H18ClFN2/c1-12(2,3)10(6-7-13)16-11-5-4-9(14)8-15-11/h4-5,8,10H,6-7H2,1-3H3,(H,15,16). The molecule has 0 aliphatic carbocycles. The molecule has 1 aromatic heterocycles. The summed E-state index contributed by atoms with van der Waals surface area (Å²) < 4.78 is 12.7. The van der Waals surface area contributed by atoms with E-state index in [0.717, 1.165) is 6.42 Å². The summed E-state index contributed by atoms with van der Waals surface area (Å²) in [5, 5.41) is 3.28. The molecule has 0 bridgehead atoms. The van der Waals surface area contributed by atoms with Crippen LogP contribution in [0.25, 0.3) is 0 Å². The molecule has 0 spiro atoms. The van der Waals surface area contributed by atoms with E-state index >= 15 is 0 Å². The molecule has 90 valence electrons. The molecule has 0 radical (unpaired) electrons. The molecule has 0 aliphatic rings. The first-order valence-electron chi connectivity index (χ1n) is 5.37. The molecule has 1 N–H and O–H groups in total. The summed E-state index contributed by atoms with van der Waals surface area (Å²) >= 11 is 5.77. The normalized spacial score (nSPS) is 13.6. The third-order valence-electron chi connectivity index (χ3n) is 2.49. The van der Waals surface area contributed by atoms with Gasteiger partial charge in [0.15, 0.2) is 0 Å². The number of alkyl halides is 1. The van der Waals surface area contributed by atoms with Crippen LogP contribution in [0, 0.1) is 11.2 Å². The van der Waals surface area contributed by atoms with Gasteiger partial charge >= 0.3 is 0 Å². The van der Waals surface area contributed by atoms with Crippen LogP contribution in [0.5, 0.6) is 0 Å². The lowest BCUT2D eigenvalue weighted by Gasteiger charge is -2.31. The summed E-state index contributed by atoms with van der Waals surface area (Å²) in [6, 6.07) is 3.26. The Balaban J connectivity index is 2.72. The van der Waals surface area contributed by atoms with Gasteiger partial charge in [-0.05, 0) is 24.0 Å². The van der Waals surface area contributed by atoms with E-state index in [1.807, 2.05) is 0 Å². The minimum Gasteiger partial charge on any atom is -0.367 e. The van der Waals surface area contributed by atoms with Gasteiger partial charge in [-0.3, -0.25) is 0 Å². The SMILES string of the molecule is CC(C)(C)C(CCCl)Nc1ccc(F)cn1. The zero-order valence-electron chi connectivity index (χ0n) is 9.93. The summed E-state index contributed by atoms with van der Waals surface area (Å²) in [5.41, 5.74) is 0.0883. The van der Waals surface area contributed by atoms with E-state index < -0.39 is 0 Å². The van der Waals surface area contributed by atoms with Crippen LogP contribution in [0.2, 0.25) is 0 Å². The van der Waals surface area contributed by atoms with Crippen LogP contribution in [0.3, 0.4) is 0 Å². The second-order valence-corrected chi connectivity index (χ2v) is 5.28. The van der Waals surface area contributed by atoms with Gasteiger partial charge in [0.05, 0.1) is 6.20 Å². The van der Waals surface area contributed by atoms with Gasteiger partial charge in [0, 0.05) is 11.9 Å². The van der Waals surface area contributed by atoms with Crippen molar-refractivity contribution in [3.8, 4) is 0 Å². The highest BCUT2D eigenvalue weighted by Crippen LogP contribution is 2.25. The van der Waals surface area contributed by atoms with Crippen LogP contribution in [0.15, 0.2) is 18.3 Å². The van der Waals surface area contributed by atoms with Gasteiger partial charge in [0.2, 0.25) is 0 Å². The van der Waals surface area contributed by atoms with E-state index in [0.29, 0.717) is 11.7 Å². The van der Waals surface area contributed by atoms with Crippen LogP contribution in [0.4, 0.5) is 10.2 Å². The van der Waals surface area contributed by atoms with Crippen molar-refractivity contribution in [3.63, 3.8) is 0 Å². The smallest absolute Gasteiger partial charge is 0.141 e. The van der Waals surface area contributed by atoms with Crippen molar-refractivity contribution in [1.82, 2.24) is 4.98 Å². The summed E-state index contributed by atoms with van der Waals surface area (Å²) in [7, 11) is 0. The Bertz CT molecular complexity index is 319. The van der Waals surface area contributed by atoms with Crippen LogP contribution in [-0.2, 0) is 0 Å². The molecule has 1 aromatic rings. The Kier molecular flexibility index (Phi) is 4.54. The van der Waals surface area contributed by atoms with Gasteiger partial charge in [-0.15, -0.1) is 11.6 Å². The maximum absolute atomic E-state index is 12.7. The third kappa shape index (κ3) is 3.97. The van der Waals surface area contributed by atoms with E-state index in [9.17, 15) is 4.39 Å². The van der Waals surface area contributed by atoms with Gasteiger partial charge in [0.1, 0.15) is 11.6 Å². The Morgan fingerprint density at radius 1 is 1.44 bits per heavy atom. The van der Waals surface area contributed by atoms with Crippen LogP contribution < -0.4 is 5.32 Å². The van der Waals surface area contributed by atoms with Crippen molar-refractivity contribution in [3.05, 3.63) is 24.1 Å². The number of hydrogen-bond donors (Lipinski definition) is 1. The van der Waals surface area contributed by atoms with E-state index in [4.69, 9.17) is 11.6 Å². The van der Waals surface area contributed by atoms with Crippen molar-refractivity contribution < 1.29 is 4.39 Å². The Morgan fingerprint density at radius 3 is 2.56 bits per heavy atom. The van der Waals surface area contributed by atoms with Gasteiger partial charge in [0.25, 0.3) is 0 Å². The predicted octanol–water partition coefficient (Wildman–Crippen LogP) is 3.68. The second-order valence-electron chi connectivity index (χ2n) is 4.90. The van der Waals surface area contributed by atoms with Crippen molar-refractivity contribution in [1.29, 1.82) is 0 Å². The fraction of sp³-hybridized carbons (Fsp3) is 0.583. The van der Waals surface area contributed by atoms with Crippen molar-refractivity contribution in [2.75, 3.05) is 11.2 Å². The summed E-state index contributed by atoms with van der Waals surface area (Å²) in [6.07, 6.45) is 2.06. The van der Waals surface area contributed by atoms with Gasteiger partial charge in [-0.1, -0.05) is 20.8 Å². The van der Waals surface area contributed by atoms with E-state index in [1.54, 1.807) is 6.07 Å². The summed E-state index contributed by atoms with van der Waals surface area (Å²) in [4.78, 5) is 3.98. The molecule has 1 rings (SSSR count). The number of hydrogen-bond acceptors (Lipinski definition) is 2. The molecular weight excluding hydrogens is 227 g/mol. The topological polar surface area (TPSA) is 24.9 Å². The van der Waals surface area contributed by atoms with Crippen LogP contribution in [0.1, 0.15) is 27.2 Å². The lowest BCUT2D eigenvalue weighted by atomic mass is 9.85. The lowest BCUT2D eigenvalue weighted by molar-refractivity contribution is 0.334. The molecule has 4 heteroatoms. The molecule has 1 unspecified atom stereocenters. The number of nitrogens with zero attached hydrogens (tertiary/aromatic N) is 1. The molecule has 0 amide bonds. The maximum Gasteiger partial charge on any atom is 0.141 e. The predicted molar refractivity (Wildman–Crippen MR) is 66.4 cm³/mol. The fourth-order valence-electron chi connectivity index (χ4n) is 1.47. The molecule has 2 nitrogen and oxygen atoms in total. The molecule has 0 saturated heterocycles. The quantitative estimate of drug-likeness (QED) is 0.818. The lowest BCUT2D eigenvalue weighted by Crippen LogP contribution is -2.34. The zero-order valence-corrected chi connectivity index (χ0v) is 10.7. The number of halogens is 2. The van der Waals surface area contributed by atoms with E-state index in [2.05, 4.69) is 31.1 Å². The number of anilines is 1. The van der Waals surface area contributed by atoms with Crippen LogP contribution >= 0.6 is 11.6 Å². The first-order valence-corrected chi connectivity index (χ1v) is 5.91. The van der Waals surface area contributed by atoms with E-state index in [-0.39, 0.29) is 17.3 Å². The first kappa shape index (κ1) is 13.2. The highest BCUT2D eigenvalue weighted by Gasteiger charge is 2.24. The molecule has 1 heterocycles. The van der Waals surface area contributed by atoms with E-state index in [1.165, 1.54) is 12.3 Å². The average molecular weight is 245 g/mol. The number of rotatable bonds is 4. The minimum atomic E-state index is -0.324. The fourth-order valence-corrected chi connectivity index (χ4v) is 1.69. The Hall–Kier alpha value is -0.830. The van der Waals surface area contributed by atoms with Gasteiger partial charge in [-0.25, -0.2) is 9.37 Å². The molecule has 16 heavy (non-hydrogen) atoms. The van der Waals surface area contributed by atoms with Crippen LogP contribution in [-0.4, -0.2) is 16.9 Å². The zero-order chi connectivity index (χ0) is 12.2. The highest BCUT2D eigenvalue weighted by atomic mass is 35.5. The number of pyridine rings is 1. The second kappa shape index (κ2) is 5.48. The van der Waals surface area contributed by atoms with Crippen molar-refractivity contribution >= 4 is 17.4 Å². The molecule has 0 aliphatic heterocycles. The van der Waals surface area contributed by atoms with Crippen molar-refractivity contribution in [2.24, 2.45) is 5.41 Å².